The van der Waals surface area contributed by atoms with Crippen LogP contribution in [0.3, 0.4) is 0 Å². The molecule has 0 radical (unpaired) electrons. The third-order valence-corrected chi connectivity index (χ3v) is 11.3. The van der Waals surface area contributed by atoms with Crippen LogP contribution in [0.1, 0.15) is 40.8 Å². The predicted octanol–water partition coefficient (Wildman–Crippen LogP) is 1.24. The number of rotatable bonds is 7. The summed E-state index contributed by atoms with van der Waals surface area (Å²) in [6.45, 7) is 8.95. The third-order valence-electron chi connectivity index (χ3n) is 10.2. The van der Waals surface area contributed by atoms with Gasteiger partial charge in [0.05, 0.1) is 37.4 Å². The fourth-order valence-corrected chi connectivity index (χ4v) is 9.19. The van der Waals surface area contributed by atoms with Crippen molar-refractivity contribution in [3.63, 3.8) is 0 Å². The fourth-order valence-electron chi connectivity index (χ4n) is 8.05. The number of piperazine rings is 1. The molecule has 0 unspecified atom stereocenters. The summed E-state index contributed by atoms with van der Waals surface area (Å²) in [6, 6.07) is 5.94. The highest BCUT2D eigenvalue weighted by molar-refractivity contribution is 7.16. The molecule has 0 amide bonds. The van der Waals surface area contributed by atoms with E-state index < -0.39 is 0 Å². The molecule has 3 N–H and O–H groups in total. The molecule has 1 spiro atoms. The fraction of sp³-hybridized carbons (Fsp3) is 0.667. The zero-order valence-electron chi connectivity index (χ0n) is 24.3. The summed E-state index contributed by atoms with van der Waals surface area (Å²) in [6.07, 6.45) is 4.19. The van der Waals surface area contributed by atoms with Crippen molar-refractivity contribution >= 4 is 28.0 Å². The molecular formula is C30H37N9O3S. The van der Waals surface area contributed by atoms with Gasteiger partial charge in [0.25, 0.3) is 0 Å². The minimum absolute atomic E-state index is 0.114. The number of fused-ring (bicyclic) bond motifs is 4. The van der Waals surface area contributed by atoms with Gasteiger partial charge in [0, 0.05) is 68.2 Å². The van der Waals surface area contributed by atoms with Gasteiger partial charge in [-0.2, -0.15) is 20.5 Å². The number of ether oxygens (including phenoxy) is 3. The molecule has 13 heteroatoms. The first kappa shape index (κ1) is 27.4. The Morgan fingerprint density at radius 1 is 1.00 bits per heavy atom. The van der Waals surface area contributed by atoms with Gasteiger partial charge in [-0.3, -0.25) is 4.90 Å². The van der Waals surface area contributed by atoms with Gasteiger partial charge in [-0.1, -0.05) is 0 Å². The number of hydrogen-bond acceptors (Lipinski definition) is 13. The Balaban J connectivity index is 1.09. The van der Waals surface area contributed by atoms with Crippen LogP contribution in [0.2, 0.25) is 0 Å². The smallest absolute Gasteiger partial charge is 0.320 e. The number of nitrogens with one attached hydrogen (secondary N) is 1. The van der Waals surface area contributed by atoms with E-state index in [-0.39, 0.29) is 10.8 Å². The molecule has 0 aromatic carbocycles. The number of aryl methyl sites for hydroxylation is 1. The van der Waals surface area contributed by atoms with Crippen molar-refractivity contribution < 1.29 is 14.2 Å². The van der Waals surface area contributed by atoms with Crippen molar-refractivity contribution in [2.24, 2.45) is 5.41 Å². The van der Waals surface area contributed by atoms with Crippen molar-refractivity contribution in [1.29, 1.82) is 10.5 Å². The Morgan fingerprint density at radius 2 is 1.70 bits per heavy atom. The Hall–Kier alpha value is -3.20. The van der Waals surface area contributed by atoms with Crippen LogP contribution in [0.25, 0.3) is 0 Å². The van der Waals surface area contributed by atoms with Crippen LogP contribution >= 0.6 is 11.3 Å². The molecule has 43 heavy (non-hydrogen) atoms. The largest absolute Gasteiger partial charge is 0.463 e. The number of nitriles is 2. The van der Waals surface area contributed by atoms with E-state index in [9.17, 15) is 10.5 Å². The molecule has 2 bridgehead atoms. The molecule has 2 atom stereocenters. The number of nitrogens with two attached hydrogens (primary N) is 1. The standard InChI is InChI=1S/C30H37N9O3S/c31-9-21-24-23(43-25(21)33)3-4-30(24)14-39(15-30)27-22(10-32)26(38-11-19-1-2-20(12-38)34-19)35-28(36-27)42-18-29(16-41-17-29)13-37-5-7-40-8-6-37/h19-20,34H,1-8,11-18,33H2/t19-,20+. The zero-order valence-corrected chi connectivity index (χ0v) is 25.1. The second-order valence-corrected chi connectivity index (χ2v) is 14.4. The van der Waals surface area contributed by atoms with Crippen molar-refractivity contribution in [2.45, 2.75) is 43.2 Å². The molecule has 2 aromatic heterocycles. The van der Waals surface area contributed by atoms with Gasteiger partial charge in [0.1, 0.15) is 29.3 Å². The van der Waals surface area contributed by atoms with Gasteiger partial charge >= 0.3 is 6.01 Å². The summed E-state index contributed by atoms with van der Waals surface area (Å²) in [5, 5.41) is 24.7. The van der Waals surface area contributed by atoms with Gasteiger partial charge < -0.3 is 35.1 Å². The highest BCUT2D eigenvalue weighted by Crippen LogP contribution is 2.53. The molecule has 8 rings (SSSR count). The van der Waals surface area contributed by atoms with E-state index in [1.165, 1.54) is 4.88 Å². The van der Waals surface area contributed by atoms with Crippen LogP contribution in [0.5, 0.6) is 6.01 Å². The second-order valence-electron chi connectivity index (χ2n) is 13.2. The highest BCUT2D eigenvalue weighted by Gasteiger charge is 2.52. The van der Waals surface area contributed by atoms with Crippen molar-refractivity contribution in [1.82, 2.24) is 20.2 Å². The molecule has 7 heterocycles. The molecule has 5 aliphatic heterocycles. The number of nitrogens with zero attached hydrogens (tertiary/aromatic N) is 7. The van der Waals surface area contributed by atoms with Gasteiger partial charge in [-0.25, -0.2) is 0 Å². The van der Waals surface area contributed by atoms with Gasteiger partial charge in [-0.05, 0) is 31.2 Å². The SMILES string of the molecule is N#Cc1c(N2C[C@H]3CC[C@@H](C2)N3)nc(OCC2(CN3CCOCC3)COC2)nc1N1CC2(CCc3sc(N)c(C#N)c32)C1. The Kier molecular flexibility index (Phi) is 6.65. The van der Waals surface area contributed by atoms with E-state index in [1.54, 1.807) is 11.3 Å². The maximum absolute atomic E-state index is 10.5. The van der Waals surface area contributed by atoms with Crippen molar-refractivity contribution in [3.05, 3.63) is 21.6 Å². The lowest BCUT2D eigenvalue weighted by molar-refractivity contribution is -0.150. The van der Waals surface area contributed by atoms with Crippen LogP contribution in [0.4, 0.5) is 16.6 Å². The predicted molar refractivity (Wildman–Crippen MR) is 161 cm³/mol. The van der Waals surface area contributed by atoms with E-state index in [4.69, 9.17) is 29.9 Å². The molecular weight excluding hydrogens is 566 g/mol. The molecule has 5 saturated heterocycles. The lowest BCUT2D eigenvalue weighted by Crippen LogP contribution is -2.59. The number of thiophene rings is 1. The average Bonchev–Trinajstić information content (AvgIpc) is 3.63. The van der Waals surface area contributed by atoms with E-state index in [1.807, 2.05) is 0 Å². The Labute approximate surface area is 255 Å². The summed E-state index contributed by atoms with van der Waals surface area (Å²) in [5.74, 6) is 1.29. The summed E-state index contributed by atoms with van der Waals surface area (Å²) < 4.78 is 17.6. The minimum atomic E-state index is -0.132. The topological polar surface area (TPSA) is 149 Å². The normalized spacial score (nSPS) is 26.8. The van der Waals surface area contributed by atoms with Crippen LogP contribution < -0.4 is 25.6 Å². The van der Waals surface area contributed by atoms with E-state index >= 15 is 0 Å². The first-order valence-electron chi connectivity index (χ1n) is 15.4. The highest BCUT2D eigenvalue weighted by atomic mass is 32.1. The third kappa shape index (κ3) is 4.61. The van der Waals surface area contributed by atoms with Gasteiger partial charge in [-0.15, -0.1) is 11.3 Å². The maximum Gasteiger partial charge on any atom is 0.320 e. The quantitative estimate of drug-likeness (QED) is 0.469. The lowest BCUT2D eigenvalue weighted by atomic mass is 9.74. The number of nitrogen functional groups attached to an aromatic ring is 1. The Bertz CT molecular complexity index is 1490. The molecule has 5 fully saturated rings. The molecule has 6 aliphatic rings. The second kappa shape index (κ2) is 10.5. The van der Waals surface area contributed by atoms with Crippen LogP contribution in [-0.4, -0.2) is 106 Å². The van der Waals surface area contributed by atoms with Gasteiger partial charge in [0.15, 0.2) is 11.6 Å². The number of morpholine rings is 1. The van der Waals surface area contributed by atoms with Crippen LogP contribution in [0.15, 0.2) is 0 Å². The number of hydrogen-bond donors (Lipinski definition) is 2. The van der Waals surface area contributed by atoms with Gasteiger partial charge in [0.2, 0.25) is 0 Å². The average molecular weight is 604 g/mol. The summed E-state index contributed by atoms with van der Waals surface area (Å²) in [4.78, 5) is 17.9. The summed E-state index contributed by atoms with van der Waals surface area (Å²) >= 11 is 1.55. The zero-order chi connectivity index (χ0) is 29.2. The first-order chi connectivity index (χ1) is 21.0. The monoisotopic (exact) mass is 603 g/mol. The molecule has 12 nitrogen and oxygen atoms in total. The van der Waals surface area contributed by atoms with Crippen LogP contribution in [-0.2, 0) is 21.3 Å². The van der Waals surface area contributed by atoms with E-state index in [0.29, 0.717) is 78.8 Å². The van der Waals surface area contributed by atoms with E-state index in [0.717, 1.165) is 77.2 Å². The lowest BCUT2D eigenvalue weighted by Gasteiger charge is -2.49. The summed E-state index contributed by atoms with van der Waals surface area (Å²) in [5.41, 5.74) is 8.23. The molecule has 0 saturated carbocycles. The first-order valence-corrected chi connectivity index (χ1v) is 16.2. The molecule has 226 valence electrons. The maximum atomic E-state index is 10.5. The minimum Gasteiger partial charge on any atom is -0.463 e. The molecule has 2 aromatic rings. The van der Waals surface area contributed by atoms with Crippen molar-refractivity contribution in [2.75, 3.05) is 94.4 Å². The summed E-state index contributed by atoms with van der Waals surface area (Å²) in [7, 11) is 0. The number of aromatic nitrogens is 2. The van der Waals surface area contributed by atoms with Crippen molar-refractivity contribution in [3.8, 4) is 18.1 Å². The van der Waals surface area contributed by atoms with Crippen LogP contribution in [0, 0.1) is 28.1 Å². The molecule has 1 aliphatic carbocycles. The van der Waals surface area contributed by atoms with E-state index in [2.05, 4.69) is 32.2 Å². The Morgan fingerprint density at radius 3 is 2.35 bits per heavy atom. The number of anilines is 3.